The van der Waals surface area contributed by atoms with Gasteiger partial charge in [0, 0.05) is 11.1 Å². The van der Waals surface area contributed by atoms with Crippen LogP contribution < -0.4 is 36.0 Å². The summed E-state index contributed by atoms with van der Waals surface area (Å²) in [6, 6.07) is 3.36. The van der Waals surface area contributed by atoms with E-state index in [4.69, 9.17) is 14.2 Å². The minimum absolute atomic E-state index is 0.0921. The summed E-state index contributed by atoms with van der Waals surface area (Å²) in [5, 5.41) is 0.208. The average molecular weight is 426 g/mol. The number of nitrogens with one attached hydrogen (secondary N) is 3. The molecule has 2 aromatic heterocycles. The van der Waals surface area contributed by atoms with Gasteiger partial charge in [0.05, 0.1) is 33.4 Å². The number of H-pyrrole nitrogens is 3. The molecule has 3 rings (SSSR count). The van der Waals surface area contributed by atoms with Gasteiger partial charge in [0.1, 0.15) is 10.7 Å². The molecule has 0 radical (unpaired) electrons. The minimum Gasteiger partial charge on any atom is -0.493 e. The van der Waals surface area contributed by atoms with E-state index in [2.05, 4.69) is 19.9 Å². The molecule has 0 saturated heterocycles. The zero-order chi connectivity index (χ0) is 22.8. The maximum atomic E-state index is 12.6. The number of methoxy groups -OCH3 is 3. The van der Waals surface area contributed by atoms with E-state index in [-0.39, 0.29) is 16.1 Å². The van der Waals surface area contributed by atoms with Crippen LogP contribution in [-0.2, 0) is 5.41 Å². The maximum Gasteiger partial charge on any atom is 0.272 e. The van der Waals surface area contributed by atoms with Crippen molar-refractivity contribution in [2.45, 2.75) is 26.2 Å². The van der Waals surface area contributed by atoms with E-state index in [0.717, 1.165) is 5.69 Å². The molecule has 1 aromatic carbocycles. The molecule has 3 aromatic rings. The van der Waals surface area contributed by atoms with Crippen LogP contribution in [0.3, 0.4) is 0 Å². The maximum absolute atomic E-state index is 12.6. The number of aromatic nitrogens is 4. The van der Waals surface area contributed by atoms with Crippen LogP contribution in [0.2, 0.25) is 0 Å². The van der Waals surface area contributed by atoms with Crippen LogP contribution in [0.15, 0.2) is 28.0 Å². The lowest BCUT2D eigenvalue weighted by atomic mass is 9.90. The number of rotatable bonds is 5. The molecule has 0 aliphatic carbocycles. The summed E-state index contributed by atoms with van der Waals surface area (Å²) in [5.41, 5.74) is 0.953. The molecular formula is C22H26N4O5. The molecule has 0 fully saturated rings. The highest BCUT2D eigenvalue weighted by atomic mass is 16.5. The molecule has 0 aliphatic rings. The van der Waals surface area contributed by atoms with Gasteiger partial charge in [-0.2, -0.15) is 0 Å². The number of aromatic amines is 3. The van der Waals surface area contributed by atoms with Crippen molar-refractivity contribution >= 4 is 12.2 Å². The number of hydrogen-bond donors (Lipinski definition) is 3. The van der Waals surface area contributed by atoms with Crippen LogP contribution in [0.5, 0.6) is 17.2 Å². The lowest BCUT2D eigenvalue weighted by Gasteiger charge is -2.16. The van der Waals surface area contributed by atoms with Crippen molar-refractivity contribution in [1.82, 2.24) is 19.9 Å². The van der Waals surface area contributed by atoms with E-state index in [9.17, 15) is 9.59 Å². The molecule has 0 spiro atoms. The molecule has 9 heteroatoms. The molecule has 0 bridgehead atoms. The van der Waals surface area contributed by atoms with Crippen LogP contribution in [0.1, 0.15) is 37.7 Å². The van der Waals surface area contributed by atoms with Crippen LogP contribution in [-0.4, -0.2) is 41.3 Å². The minimum atomic E-state index is -0.451. The normalized spacial score (nSPS) is 12.8. The summed E-state index contributed by atoms with van der Waals surface area (Å²) in [5.74, 6) is 1.30. The summed E-state index contributed by atoms with van der Waals surface area (Å²) in [7, 11) is 4.51. The van der Waals surface area contributed by atoms with Crippen molar-refractivity contribution in [1.29, 1.82) is 0 Å². The van der Waals surface area contributed by atoms with Gasteiger partial charge in [-0.05, 0) is 29.8 Å². The summed E-state index contributed by atoms with van der Waals surface area (Å²) in [6.45, 7) is 6.08. The van der Waals surface area contributed by atoms with Crippen LogP contribution in [0.4, 0.5) is 0 Å². The number of imidazole rings is 1. The van der Waals surface area contributed by atoms with Crippen molar-refractivity contribution in [3.8, 4) is 17.2 Å². The fraction of sp³-hybridized carbons (Fsp3) is 0.318. The third-order valence-corrected chi connectivity index (χ3v) is 4.68. The zero-order valence-corrected chi connectivity index (χ0v) is 18.4. The average Bonchev–Trinajstić information content (AvgIpc) is 3.19. The SMILES string of the molecule is COc1cc(C=c2[nH]c(=O)c(=Cc3nc[nH]c3C(C)(C)C)[nH]c2=O)cc(OC)c1OC. The smallest absolute Gasteiger partial charge is 0.272 e. The number of ether oxygens (including phenoxy) is 3. The third-order valence-electron chi connectivity index (χ3n) is 4.68. The molecular weight excluding hydrogens is 400 g/mol. The first-order valence-electron chi connectivity index (χ1n) is 9.58. The fourth-order valence-electron chi connectivity index (χ4n) is 3.20. The Morgan fingerprint density at radius 2 is 1.42 bits per heavy atom. The van der Waals surface area contributed by atoms with Gasteiger partial charge in [-0.1, -0.05) is 20.8 Å². The Balaban J connectivity index is 2.14. The summed E-state index contributed by atoms with van der Waals surface area (Å²) < 4.78 is 16.0. The Bertz CT molecular complexity index is 1300. The van der Waals surface area contributed by atoms with Crippen molar-refractivity contribution in [2.75, 3.05) is 21.3 Å². The van der Waals surface area contributed by atoms with Gasteiger partial charge in [0.25, 0.3) is 11.1 Å². The molecule has 9 nitrogen and oxygen atoms in total. The van der Waals surface area contributed by atoms with E-state index in [0.29, 0.717) is 28.5 Å². The summed E-state index contributed by atoms with van der Waals surface area (Å²) >= 11 is 0. The topological polar surface area (TPSA) is 122 Å². The Kier molecular flexibility index (Phi) is 6.05. The monoisotopic (exact) mass is 426 g/mol. The van der Waals surface area contributed by atoms with Crippen LogP contribution in [0, 0.1) is 0 Å². The highest BCUT2D eigenvalue weighted by molar-refractivity contribution is 5.61. The van der Waals surface area contributed by atoms with Gasteiger partial charge in [-0.25, -0.2) is 4.98 Å². The third kappa shape index (κ3) is 4.55. The van der Waals surface area contributed by atoms with Crippen molar-refractivity contribution in [3.05, 3.63) is 66.8 Å². The highest BCUT2D eigenvalue weighted by Crippen LogP contribution is 2.38. The fourth-order valence-corrected chi connectivity index (χ4v) is 3.20. The van der Waals surface area contributed by atoms with Gasteiger partial charge >= 0.3 is 0 Å². The van der Waals surface area contributed by atoms with Gasteiger partial charge in [-0.3, -0.25) is 9.59 Å². The predicted octanol–water partition coefficient (Wildman–Crippen LogP) is 0.767. The molecule has 0 atom stereocenters. The Hall–Kier alpha value is -3.75. The first-order chi connectivity index (χ1) is 14.7. The first kappa shape index (κ1) is 21.9. The van der Waals surface area contributed by atoms with E-state index in [1.165, 1.54) is 27.4 Å². The second kappa shape index (κ2) is 8.55. The Morgan fingerprint density at radius 1 is 0.871 bits per heavy atom. The van der Waals surface area contributed by atoms with Gasteiger partial charge in [0.15, 0.2) is 11.5 Å². The van der Waals surface area contributed by atoms with Crippen LogP contribution in [0.25, 0.3) is 12.2 Å². The molecule has 31 heavy (non-hydrogen) atoms. The Labute approximate surface area is 178 Å². The molecule has 0 aliphatic heterocycles. The second-order valence-corrected chi connectivity index (χ2v) is 7.90. The standard InChI is InChI=1S/C22H26N4O5/c1-22(2,3)19-13(23-11-24-19)10-15-21(28)25-14(20(27)26-15)7-12-8-16(29-4)18(31-6)17(9-12)30-5/h7-11H,1-6H3,(H,23,24)(H,25,28)(H,26,27). The van der Waals surface area contributed by atoms with Crippen LogP contribution >= 0.6 is 0 Å². The van der Waals surface area contributed by atoms with Crippen molar-refractivity contribution in [2.24, 2.45) is 0 Å². The molecule has 0 amide bonds. The summed E-state index contributed by atoms with van der Waals surface area (Å²) in [6.07, 6.45) is 4.65. The number of hydrogen-bond acceptors (Lipinski definition) is 6. The molecule has 0 saturated carbocycles. The van der Waals surface area contributed by atoms with E-state index in [1.807, 2.05) is 20.8 Å². The molecule has 0 unspecified atom stereocenters. The largest absolute Gasteiger partial charge is 0.493 e. The lowest BCUT2D eigenvalue weighted by Crippen LogP contribution is -2.46. The quantitative estimate of drug-likeness (QED) is 0.554. The number of nitrogens with zero attached hydrogens (tertiary/aromatic N) is 1. The first-order valence-corrected chi connectivity index (χ1v) is 9.58. The van der Waals surface area contributed by atoms with Crippen molar-refractivity contribution < 1.29 is 14.2 Å². The molecule has 3 N–H and O–H groups in total. The second-order valence-electron chi connectivity index (χ2n) is 7.90. The predicted molar refractivity (Wildman–Crippen MR) is 117 cm³/mol. The van der Waals surface area contributed by atoms with Gasteiger partial charge in [-0.15, -0.1) is 0 Å². The van der Waals surface area contributed by atoms with Gasteiger partial charge in [0.2, 0.25) is 5.75 Å². The lowest BCUT2D eigenvalue weighted by molar-refractivity contribution is 0.324. The van der Waals surface area contributed by atoms with Gasteiger partial charge < -0.3 is 29.2 Å². The van der Waals surface area contributed by atoms with E-state index >= 15 is 0 Å². The highest BCUT2D eigenvalue weighted by Gasteiger charge is 2.19. The Morgan fingerprint density at radius 3 is 1.90 bits per heavy atom. The molecule has 164 valence electrons. The number of benzene rings is 1. The van der Waals surface area contributed by atoms with Crippen molar-refractivity contribution in [3.63, 3.8) is 0 Å². The van der Waals surface area contributed by atoms with E-state index < -0.39 is 11.1 Å². The molecule has 2 heterocycles. The summed E-state index contributed by atoms with van der Waals surface area (Å²) in [4.78, 5) is 37.9. The van der Waals surface area contributed by atoms with E-state index in [1.54, 1.807) is 24.5 Å². The zero-order valence-electron chi connectivity index (χ0n) is 18.4.